The average molecular weight is 377 g/mol. The second-order valence-corrected chi connectivity index (χ2v) is 7.31. The highest BCUT2D eigenvalue weighted by Crippen LogP contribution is 2.30. The van der Waals surface area contributed by atoms with Crippen molar-refractivity contribution in [3.05, 3.63) is 35.9 Å². The summed E-state index contributed by atoms with van der Waals surface area (Å²) in [5, 5.41) is 2.43. The van der Waals surface area contributed by atoms with Crippen LogP contribution in [0.4, 0.5) is 0 Å². The molecule has 2 aromatic carbocycles. The Balaban J connectivity index is 1.87. The van der Waals surface area contributed by atoms with Gasteiger partial charge in [0.2, 0.25) is 0 Å². The number of ether oxygens (including phenoxy) is 2. The molecule has 0 aromatic heterocycles. The zero-order valence-corrected chi connectivity index (χ0v) is 17.1. The fourth-order valence-corrected chi connectivity index (χ4v) is 3.33. The molecule has 2 nitrogen and oxygen atoms in total. The highest BCUT2D eigenvalue weighted by Gasteiger charge is 2.06. The molecule has 0 fully saturated rings. The van der Waals surface area contributed by atoms with Gasteiger partial charge in [-0.1, -0.05) is 51.2 Å². The van der Waals surface area contributed by atoms with Crippen LogP contribution >= 0.6 is 11.6 Å². The molecular weight excluding hydrogens is 344 g/mol. The molecule has 0 amide bonds. The SMILES string of the molecule is CCCCCCCCOc1ccc2cc(OCCCCCl)ccc2c1C. The third kappa shape index (κ3) is 6.72. The molecule has 0 N–H and O–H groups in total. The lowest BCUT2D eigenvalue weighted by molar-refractivity contribution is 0.303. The van der Waals surface area contributed by atoms with Crippen molar-refractivity contribution >= 4 is 22.4 Å². The van der Waals surface area contributed by atoms with Crippen LogP contribution in [-0.2, 0) is 0 Å². The van der Waals surface area contributed by atoms with Crippen LogP contribution in [0.25, 0.3) is 10.8 Å². The number of hydrogen-bond acceptors (Lipinski definition) is 2. The van der Waals surface area contributed by atoms with Crippen molar-refractivity contribution in [3.63, 3.8) is 0 Å². The van der Waals surface area contributed by atoms with Gasteiger partial charge in [-0.2, -0.15) is 0 Å². The summed E-state index contributed by atoms with van der Waals surface area (Å²) in [7, 11) is 0. The second kappa shape index (κ2) is 12.1. The number of alkyl halides is 1. The molecule has 0 spiro atoms. The summed E-state index contributed by atoms with van der Waals surface area (Å²) in [4.78, 5) is 0. The van der Waals surface area contributed by atoms with Gasteiger partial charge in [-0.3, -0.25) is 0 Å². The molecular formula is C23H33ClO2. The van der Waals surface area contributed by atoms with Gasteiger partial charge < -0.3 is 9.47 Å². The Kier molecular flexibility index (Phi) is 9.70. The van der Waals surface area contributed by atoms with Gasteiger partial charge in [0.15, 0.2) is 0 Å². The maximum atomic E-state index is 6.03. The Morgan fingerprint density at radius 2 is 1.54 bits per heavy atom. The van der Waals surface area contributed by atoms with Crippen molar-refractivity contribution in [1.82, 2.24) is 0 Å². The Labute approximate surface area is 163 Å². The van der Waals surface area contributed by atoms with Crippen LogP contribution in [0, 0.1) is 6.92 Å². The van der Waals surface area contributed by atoms with Crippen LogP contribution in [0.1, 0.15) is 63.9 Å². The molecule has 3 heteroatoms. The van der Waals surface area contributed by atoms with Crippen molar-refractivity contribution in [2.75, 3.05) is 19.1 Å². The van der Waals surface area contributed by atoms with E-state index in [4.69, 9.17) is 21.1 Å². The molecule has 0 saturated carbocycles. The van der Waals surface area contributed by atoms with E-state index in [1.54, 1.807) is 0 Å². The van der Waals surface area contributed by atoms with Gasteiger partial charge in [-0.05, 0) is 60.7 Å². The van der Waals surface area contributed by atoms with E-state index < -0.39 is 0 Å². The summed E-state index contributed by atoms with van der Waals surface area (Å²) < 4.78 is 11.8. The molecule has 0 atom stereocenters. The van der Waals surface area contributed by atoms with Gasteiger partial charge in [0.05, 0.1) is 13.2 Å². The van der Waals surface area contributed by atoms with E-state index in [9.17, 15) is 0 Å². The van der Waals surface area contributed by atoms with E-state index in [-0.39, 0.29) is 0 Å². The standard InChI is InChI=1S/C23H33ClO2/c1-3-4-5-6-7-9-17-26-23-14-11-20-18-21(25-16-10-8-15-24)12-13-22(20)19(23)2/h11-14,18H,3-10,15-17H2,1-2H3. The van der Waals surface area contributed by atoms with E-state index in [0.717, 1.165) is 44.0 Å². The van der Waals surface area contributed by atoms with Crippen LogP contribution in [-0.4, -0.2) is 19.1 Å². The van der Waals surface area contributed by atoms with Crippen molar-refractivity contribution in [1.29, 1.82) is 0 Å². The second-order valence-electron chi connectivity index (χ2n) is 6.93. The highest BCUT2D eigenvalue weighted by molar-refractivity contribution is 6.17. The molecule has 0 unspecified atom stereocenters. The van der Waals surface area contributed by atoms with E-state index in [1.807, 2.05) is 6.07 Å². The molecule has 26 heavy (non-hydrogen) atoms. The molecule has 144 valence electrons. The lowest BCUT2D eigenvalue weighted by Crippen LogP contribution is -2.00. The highest BCUT2D eigenvalue weighted by atomic mass is 35.5. The zero-order valence-electron chi connectivity index (χ0n) is 16.4. The average Bonchev–Trinajstić information content (AvgIpc) is 2.66. The summed E-state index contributed by atoms with van der Waals surface area (Å²) >= 11 is 5.70. The first-order valence-corrected chi connectivity index (χ1v) is 10.6. The first-order valence-electron chi connectivity index (χ1n) is 10.1. The first-order chi connectivity index (χ1) is 12.8. The van der Waals surface area contributed by atoms with Crippen molar-refractivity contribution < 1.29 is 9.47 Å². The molecule has 0 heterocycles. The van der Waals surface area contributed by atoms with Gasteiger partial charge in [0.1, 0.15) is 11.5 Å². The van der Waals surface area contributed by atoms with Gasteiger partial charge in [0, 0.05) is 5.88 Å². The third-order valence-electron chi connectivity index (χ3n) is 4.76. The Morgan fingerprint density at radius 1 is 0.808 bits per heavy atom. The van der Waals surface area contributed by atoms with Crippen molar-refractivity contribution in [2.24, 2.45) is 0 Å². The van der Waals surface area contributed by atoms with Crippen molar-refractivity contribution in [3.8, 4) is 11.5 Å². The van der Waals surface area contributed by atoms with Crippen LogP contribution < -0.4 is 9.47 Å². The molecule has 0 aliphatic rings. The summed E-state index contributed by atoms with van der Waals surface area (Å²) in [6, 6.07) is 10.5. The first kappa shape index (κ1) is 20.9. The van der Waals surface area contributed by atoms with E-state index in [0.29, 0.717) is 5.88 Å². The fourth-order valence-electron chi connectivity index (χ4n) is 3.14. The number of benzene rings is 2. The quantitative estimate of drug-likeness (QED) is 0.270. The third-order valence-corrected chi connectivity index (χ3v) is 5.03. The maximum absolute atomic E-state index is 6.03. The van der Waals surface area contributed by atoms with E-state index in [2.05, 4.69) is 38.1 Å². The number of halogens is 1. The smallest absolute Gasteiger partial charge is 0.122 e. The number of aryl methyl sites for hydroxylation is 1. The number of unbranched alkanes of at least 4 members (excludes halogenated alkanes) is 6. The van der Waals surface area contributed by atoms with Crippen LogP contribution in [0.15, 0.2) is 30.3 Å². The molecule has 0 radical (unpaired) electrons. The molecule has 0 aliphatic carbocycles. The minimum atomic E-state index is 0.696. The predicted molar refractivity (Wildman–Crippen MR) is 113 cm³/mol. The monoisotopic (exact) mass is 376 g/mol. The molecule has 0 bridgehead atoms. The molecule has 2 aromatic rings. The minimum Gasteiger partial charge on any atom is -0.494 e. The normalized spacial score (nSPS) is 11.0. The van der Waals surface area contributed by atoms with E-state index >= 15 is 0 Å². The van der Waals surface area contributed by atoms with Crippen molar-refractivity contribution in [2.45, 2.75) is 65.2 Å². The van der Waals surface area contributed by atoms with Crippen LogP contribution in [0.3, 0.4) is 0 Å². The Hall–Kier alpha value is -1.41. The number of rotatable bonds is 13. The van der Waals surface area contributed by atoms with Gasteiger partial charge >= 0.3 is 0 Å². The lowest BCUT2D eigenvalue weighted by Gasteiger charge is -2.13. The molecule has 2 rings (SSSR count). The lowest BCUT2D eigenvalue weighted by atomic mass is 10.0. The molecule has 0 saturated heterocycles. The summed E-state index contributed by atoms with van der Waals surface area (Å²) in [6.07, 6.45) is 9.70. The molecule has 0 aliphatic heterocycles. The Bertz CT molecular complexity index is 654. The maximum Gasteiger partial charge on any atom is 0.122 e. The number of hydrogen-bond donors (Lipinski definition) is 0. The minimum absolute atomic E-state index is 0.696. The number of fused-ring (bicyclic) bond motifs is 1. The van der Waals surface area contributed by atoms with Crippen LogP contribution in [0.5, 0.6) is 11.5 Å². The fraction of sp³-hybridized carbons (Fsp3) is 0.565. The Morgan fingerprint density at radius 3 is 2.35 bits per heavy atom. The topological polar surface area (TPSA) is 18.5 Å². The van der Waals surface area contributed by atoms with Gasteiger partial charge in [0.25, 0.3) is 0 Å². The summed E-state index contributed by atoms with van der Waals surface area (Å²) in [6.45, 7) is 5.92. The summed E-state index contributed by atoms with van der Waals surface area (Å²) in [5.74, 6) is 2.62. The summed E-state index contributed by atoms with van der Waals surface area (Å²) in [5.41, 5.74) is 1.21. The predicted octanol–water partition coefficient (Wildman–Crippen LogP) is 7.29. The largest absolute Gasteiger partial charge is 0.494 e. The zero-order chi connectivity index (χ0) is 18.6. The van der Waals surface area contributed by atoms with Crippen LogP contribution in [0.2, 0.25) is 0 Å². The van der Waals surface area contributed by atoms with Gasteiger partial charge in [-0.15, -0.1) is 11.6 Å². The van der Waals surface area contributed by atoms with E-state index in [1.165, 1.54) is 48.4 Å². The van der Waals surface area contributed by atoms with Gasteiger partial charge in [-0.25, -0.2) is 0 Å².